The minimum absolute atomic E-state index is 0.0635. The number of rotatable bonds is 10. The molecule has 34 heavy (non-hydrogen) atoms. The second-order valence-corrected chi connectivity index (χ2v) is 7.40. The molecule has 1 saturated heterocycles. The number of nitrogens with zero attached hydrogens (tertiary/aromatic N) is 1. The van der Waals surface area contributed by atoms with Crippen LogP contribution in [0.25, 0.3) is 5.76 Å². The van der Waals surface area contributed by atoms with Crippen molar-refractivity contribution in [3.63, 3.8) is 0 Å². The SMILES string of the molecule is CCOc1ccc(/C(O)=C2\C(=O)C(=O)N(CCOCCO)C2c2ccc(C(=O)OC)cc2)cc1. The average molecular weight is 469 g/mol. The Bertz CT molecular complexity index is 1060. The fourth-order valence-electron chi connectivity index (χ4n) is 3.74. The van der Waals surface area contributed by atoms with Crippen LogP contribution in [0.1, 0.15) is 34.5 Å². The molecule has 1 heterocycles. The number of carbonyl (C=O) groups excluding carboxylic acids is 3. The number of esters is 1. The molecule has 1 atom stereocenters. The standard InChI is InChI=1S/C25H27NO8/c1-3-34-19-10-8-17(9-11-19)22(28)20-21(16-4-6-18(7-5-16)25(31)32-2)26(24(30)23(20)29)12-14-33-15-13-27/h4-11,21,27-28H,3,12-15H2,1-2H3/b22-20+. The van der Waals surface area contributed by atoms with Crippen LogP contribution in [-0.2, 0) is 19.1 Å². The van der Waals surface area contributed by atoms with Crippen molar-refractivity contribution in [3.8, 4) is 5.75 Å². The summed E-state index contributed by atoms with van der Waals surface area (Å²) in [7, 11) is 1.27. The smallest absolute Gasteiger partial charge is 0.337 e. The summed E-state index contributed by atoms with van der Waals surface area (Å²) in [5.41, 5.74) is 1.12. The van der Waals surface area contributed by atoms with E-state index in [0.29, 0.717) is 29.0 Å². The van der Waals surface area contributed by atoms with E-state index in [2.05, 4.69) is 0 Å². The normalized spacial score (nSPS) is 17.1. The summed E-state index contributed by atoms with van der Waals surface area (Å²) in [6.07, 6.45) is 0. The Kier molecular flexibility index (Phi) is 8.39. The maximum atomic E-state index is 13.0. The lowest BCUT2D eigenvalue weighted by Gasteiger charge is -2.25. The third-order valence-electron chi connectivity index (χ3n) is 5.34. The molecule has 1 aliphatic rings. The fourth-order valence-corrected chi connectivity index (χ4v) is 3.74. The highest BCUT2D eigenvalue weighted by atomic mass is 16.5. The van der Waals surface area contributed by atoms with E-state index < -0.39 is 23.7 Å². The number of amides is 1. The molecule has 0 bridgehead atoms. The Labute approximate surface area is 197 Å². The summed E-state index contributed by atoms with van der Waals surface area (Å²) in [5.74, 6) is -1.83. The first kappa shape index (κ1) is 24.9. The molecule has 180 valence electrons. The maximum absolute atomic E-state index is 13.0. The van der Waals surface area contributed by atoms with E-state index in [4.69, 9.17) is 19.3 Å². The predicted octanol–water partition coefficient (Wildman–Crippen LogP) is 2.30. The molecule has 0 spiro atoms. The zero-order valence-electron chi connectivity index (χ0n) is 19.0. The van der Waals surface area contributed by atoms with Crippen molar-refractivity contribution in [2.45, 2.75) is 13.0 Å². The number of Topliss-reactive ketones (excluding diaryl/α,β-unsaturated/α-hetero) is 1. The van der Waals surface area contributed by atoms with Crippen LogP contribution in [0, 0.1) is 0 Å². The summed E-state index contributed by atoms with van der Waals surface area (Å²) in [5, 5.41) is 20.0. The molecule has 1 fully saturated rings. The van der Waals surface area contributed by atoms with Crippen molar-refractivity contribution < 1.29 is 38.8 Å². The molecule has 0 aromatic heterocycles. The Morgan fingerprint density at radius 3 is 2.24 bits per heavy atom. The van der Waals surface area contributed by atoms with Crippen LogP contribution < -0.4 is 4.74 Å². The monoisotopic (exact) mass is 469 g/mol. The zero-order chi connectivity index (χ0) is 24.7. The molecule has 3 rings (SSSR count). The van der Waals surface area contributed by atoms with E-state index in [-0.39, 0.29) is 37.7 Å². The second kappa shape index (κ2) is 11.4. The van der Waals surface area contributed by atoms with Gasteiger partial charge in [0.1, 0.15) is 11.5 Å². The predicted molar refractivity (Wildman–Crippen MR) is 122 cm³/mol. The summed E-state index contributed by atoms with van der Waals surface area (Å²) in [6, 6.07) is 11.9. The number of ketones is 1. The van der Waals surface area contributed by atoms with Crippen molar-refractivity contribution in [2.24, 2.45) is 0 Å². The van der Waals surface area contributed by atoms with E-state index in [0.717, 1.165) is 0 Å². The number of aliphatic hydroxyl groups excluding tert-OH is 2. The minimum atomic E-state index is -0.893. The molecule has 1 unspecified atom stereocenters. The number of ether oxygens (including phenoxy) is 3. The lowest BCUT2D eigenvalue weighted by molar-refractivity contribution is -0.140. The maximum Gasteiger partial charge on any atom is 0.337 e. The molecular weight excluding hydrogens is 442 g/mol. The number of hydrogen-bond acceptors (Lipinski definition) is 8. The van der Waals surface area contributed by atoms with Crippen molar-refractivity contribution in [3.05, 3.63) is 70.8 Å². The first-order valence-corrected chi connectivity index (χ1v) is 10.8. The van der Waals surface area contributed by atoms with E-state index in [1.54, 1.807) is 36.4 Å². The Morgan fingerprint density at radius 1 is 1.00 bits per heavy atom. The lowest BCUT2D eigenvalue weighted by atomic mass is 9.94. The van der Waals surface area contributed by atoms with Crippen LogP contribution in [0.5, 0.6) is 5.75 Å². The second-order valence-electron chi connectivity index (χ2n) is 7.40. The van der Waals surface area contributed by atoms with Gasteiger partial charge in [-0.2, -0.15) is 0 Å². The highest BCUT2D eigenvalue weighted by molar-refractivity contribution is 6.46. The van der Waals surface area contributed by atoms with Gasteiger partial charge in [-0.1, -0.05) is 12.1 Å². The van der Waals surface area contributed by atoms with Gasteiger partial charge in [0.05, 0.1) is 50.7 Å². The van der Waals surface area contributed by atoms with Gasteiger partial charge in [0.2, 0.25) is 0 Å². The van der Waals surface area contributed by atoms with Gasteiger partial charge >= 0.3 is 5.97 Å². The highest BCUT2D eigenvalue weighted by Gasteiger charge is 2.45. The summed E-state index contributed by atoms with van der Waals surface area (Å²) >= 11 is 0. The topological polar surface area (TPSA) is 123 Å². The molecule has 9 heteroatoms. The minimum Gasteiger partial charge on any atom is -0.507 e. The number of aliphatic hydroxyl groups is 2. The number of benzene rings is 2. The molecule has 0 saturated carbocycles. The van der Waals surface area contributed by atoms with E-state index in [9.17, 15) is 19.5 Å². The van der Waals surface area contributed by atoms with E-state index in [1.165, 1.54) is 24.1 Å². The van der Waals surface area contributed by atoms with Gasteiger partial charge in [-0.15, -0.1) is 0 Å². The van der Waals surface area contributed by atoms with Crippen molar-refractivity contribution in [1.29, 1.82) is 0 Å². The van der Waals surface area contributed by atoms with Gasteiger partial charge in [0, 0.05) is 12.1 Å². The van der Waals surface area contributed by atoms with Crippen LogP contribution in [0.4, 0.5) is 0 Å². The van der Waals surface area contributed by atoms with Gasteiger partial charge in [-0.3, -0.25) is 9.59 Å². The summed E-state index contributed by atoms with van der Waals surface area (Å²) in [4.78, 5) is 39.0. The molecule has 1 aliphatic heterocycles. The third kappa shape index (κ3) is 5.27. The fraction of sp³-hybridized carbons (Fsp3) is 0.320. The Morgan fingerprint density at radius 2 is 1.65 bits per heavy atom. The molecule has 9 nitrogen and oxygen atoms in total. The van der Waals surface area contributed by atoms with Crippen LogP contribution in [-0.4, -0.2) is 72.9 Å². The number of hydrogen-bond donors (Lipinski definition) is 2. The van der Waals surface area contributed by atoms with Crippen LogP contribution in [0.2, 0.25) is 0 Å². The van der Waals surface area contributed by atoms with Gasteiger partial charge < -0.3 is 29.3 Å². The first-order valence-electron chi connectivity index (χ1n) is 10.8. The van der Waals surface area contributed by atoms with Gasteiger partial charge in [0.25, 0.3) is 11.7 Å². The van der Waals surface area contributed by atoms with Gasteiger partial charge in [0.15, 0.2) is 0 Å². The molecule has 2 aromatic rings. The van der Waals surface area contributed by atoms with Crippen LogP contribution in [0.15, 0.2) is 54.1 Å². The van der Waals surface area contributed by atoms with Crippen LogP contribution in [0.3, 0.4) is 0 Å². The zero-order valence-corrected chi connectivity index (χ0v) is 19.0. The van der Waals surface area contributed by atoms with Crippen molar-refractivity contribution in [2.75, 3.05) is 40.1 Å². The average Bonchev–Trinajstić information content (AvgIpc) is 3.11. The number of carbonyl (C=O) groups is 3. The van der Waals surface area contributed by atoms with Gasteiger partial charge in [-0.05, 0) is 48.9 Å². The first-order chi connectivity index (χ1) is 16.4. The quantitative estimate of drug-likeness (QED) is 0.179. The molecule has 0 radical (unpaired) electrons. The number of methoxy groups -OCH3 is 1. The molecule has 2 N–H and O–H groups in total. The van der Waals surface area contributed by atoms with Crippen molar-refractivity contribution in [1.82, 2.24) is 4.90 Å². The largest absolute Gasteiger partial charge is 0.507 e. The Hall–Kier alpha value is -3.69. The molecular formula is C25H27NO8. The molecule has 0 aliphatic carbocycles. The van der Waals surface area contributed by atoms with Crippen LogP contribution >= 0.6 is 0 Å². The van der Waals surface area contributed by atoms with E-state index >= 15 is 0 Å². The van der Waals surface area contributed by atoms with Crippen molar-refractivity contribution >= 4 is 23.4 Å². The third-order valence-corrected chi connectivity index (χ3v) is 5.34. The molecule has 2 aromatic carbocycles. The Balaban J connectivity index is 2.04. The van der Waals surface area contributed by atoms with E-state index in [1.807, 2.05) is 6.92 Å². The number of likely N-dealkylation sites (tertiary alicyclic amines) is 1. The van der Waals surface area contributed by atoms with Gasteiger partial charge in [-0.25, -0.2) is 4.79 Å². The summed E-state index contributed by atoms with van der Waals surface area (Å²) < 4.78 is 15.4. The lowest BCUT2D eigenvalue weighted by Crippen LogP contribution is -2.33. The highest BCUT2D eigenvalue weighted by Crippen LogP contribution is 2.39. The summed E-state index contributed by atoms with van der Waals surface area (Å²) in [6.45, 7) is 2.41. The molecule has 1 amide bonds.